The number of halogens is 3. The maximum absolute atomic E-state index is 6.08. The molecule has 1 heterocycles. The van der Waals surface area contributed by atoms with Crippen molar-refractivity contribution in [1.29, 1.82) is 0 Å². The number of anilines is 1. The van der Waals surface area contributed by atoms with Crippen LogP contribution in [-0.4, -0.2) is 4.98 Å². The summed E-state index contributed by atoms with van der Waals surface area (Å²) in [5.41, 5.74) is 2.96. The van der Waals surface area contributed by atoms with Crippen molar-refractivity contribution in [3.8, 4) is 0 Å². The van der Waals surface area contributed by atoms with Gasteiger partial charge in [-0.1, -0.05) is 40.9 Å². The number of nitrogens with one attached hydrogen (secondary N) is 1. The second-order valence-electron chi connectivity index (χ2n) is 3.97. The normalized spacial score (nSPS) is 10.4. The highest BCUT2D eigenvalue weighted by atomic mass is 35.5. The third-order valence-electron chi connectivity index (χ3n) is 2.42. The number of hydrogen-bond donors (Lipinski definition) is 1. The van der Waals surface area contributed by atoms with Crippen LogP contribution >= 0.6 is 34.8 Å². The molecule has 0 spiro atoms. The zero-order chi connectivity index (χ0) is 13.1. The molecule has 1 aromatic carbocycles. The quantitative estimate of drug-likeness (QED) is 0.810. The lowest BCUT2D eigenvalue weighted by Crippen LogP contribution is -2.01. The number of hydrogen-bond acceptors (Lipinski definition) is 2. The predicted molar refractivity (Wildman–Crippen MR) is 77.8 cm³/mol. The van der Waals surface area contributed by atoms with Gasteiger partial charge in [0.1, 0.15) is 0 Å². The largest absolute Gasteiger partial charge is 0.380 e. The summed E-state index contributed by atoms with van der Waals surface area (Å²) >= 11 is 17.9. The van der Waals surface area contributed by atoms with E-state index in [2.05, 4.69) is 16.4 Å². The van der Waals surface area contributed by atoms with Gasteiger partial charge in [0.05, 0.1) is 20.8 Å². The van der Waals surface area contributed by atoms with E-state index in [1.54, 1.807) is 12.1 Å². The number of benzene rings is 1. The Morgan fingerprint density at radius 1 is 1.00 bits per heavy atom. The van der Waals surface area contributed by atoms with Crippen LogP contribution in [0.25, 0.3) is 0 Å². The van der Waals surface area contributed by atoms with Crippen LogP contribution in [0, 0.1) is 6.92 Å². The van der Waals surface area contributed by atoms with Crippen molar-refractivity contribution in [2.24, 2.45) is 0 Å². The van der Waals surface area contributed by atoms with Crippen molar-refractivity contribution in [2.45, 2.75) is 13.5 Å². The summed E-state index contributed by atoms with van der Waals surface area (Å²) < 4.78 is 0. The SMILES string of the molecule is Cc1cncc(CNc2cc(Cl)c(Cl)cc2Cl)c1. The van der Waals surface area contributed by atoms with Gasteiger partial charge in [0.2, 0.25) is 0 Å². The Bertz CT molecular complexity index is 570. The molecule has 0 aliphatic carbocycles. The summed E-state index contributed by atoms with van der Waals surface area (Å²) in [4.78, 5) is 4.13. The summed E-state index contributed by atoms with van der Waals surface area (Å²) in [7, 11) is 0. The molecule has 2 rings (SSSR count). The van der Waals surface area contributed by atoms with E-state index in [9.17, 15) is 0 Å². The average Bonchev–Trinajstić information content (AvgIpc) is 2.32. The van der Waals surface area contributed by atoms with Crippen LogP contribution in [0.4, 0.5) is 5.69 Å². The molecule has 0 aliphatic heterocycles. The molecule has 0 amide bonds. The Balaban J connectivity index is 2.13. The standard InChI is InChI=1S/C13H11Cl3N2/c1-8-2-9(6-17-5-8)7-18-13-4-11(15)10(14)3-12(13)16/h2-6,18H,7H2,1H3. The van der Waals surface area contributed by atoms with E-state index >= 15 is 0 Å². The van der Waals surface area contributed by atoms with Gasteiger partial charge in [-0.2, -0.15) is 0 Å². The van der Waals surface area contributed by atoms with E-state index in [4.69, 9.17) is 34.8 Å². The van der Waals surface area contributed by atoms with Crippen LogP contribution in [0.15, 0.2) is 30.6 Å². The summed E-state index contributed by atoms with van der Waals surface area (Å²) in [5.74, 6) is 0. The topological polar surface area (TPSA) is 24.9 Å². The molecule has 1 aromatic heterocycles. The van der Waals surface area contributed by atoms with Crippen LogP contribution in [0.1, 0.15) is 11.1 Å². The summed E-state index contributed by atoms with van der Waals surface area (Å²) in [6, 6.07) is 5.41. The van der Waals surface area contributed by atoms with Crippen LogP contribution in [0.2, 0.25) is 15.1 Å². The molecule has 1 N–H and O–H groups in total. The van der Waals surface area contributed by atoms with Gasteiger partial charge in [-0.05, 0) is 30.2 Å². The molecule has 0 radical (unpaired) electrons. The van der Waals surface area contributed by atoms with E-state index in [0.717, 1.165) is 16.8 Å². The molecule has 0 unspecified atom stereocenters. The molecule has 0 atom stereocenters. The van der Waals surface area contributed by atoms with Crippen molar-refractivity contribution in [3.05, 3.63) is 56.8 Å². The minimum Gasteiger partial charge on any atom is -0.380 e. The van der Waals surface area contributed by atoms with Gasteiger partial charge in [0.15, 0.2) is 0 Å². The molecule has 2 nitrogen and oxygen atoms in total. The Morgan fingerprint density at radius 3 is 2.44 bits per heavy atom. The summed E-state index contributed by atoms with van der Waals surface area (Å²) in [6.45, 7) is 2.63. The third-order valence-corrected chi connectivity index (χ3v) is 3.46. The van der Waals surface area contributed by atoms with E-state index in [-0.39, 0.29) is 0 Å². The second kappa shape index (κ2) is 5.79. The highest BCUT2D eigenvalue weighted by Gasteiger charge is 2.05. The minimum absolute atomic E-state index is 0.449. The van der Waals surface area contributed by atoms with Gasteiger partial charge in [0.25, 0.3) is 0 Å². The van der Waals surface area contributed by atoms with Crippen LogP contribution in [-0.2, 0) is 6.54 Å². The highest BCUT2D eigenvalue weighted by molar-refractivity contribution is 6.44. The lowest BCUT2D eigenvalue weighted by molar-refractivity contribution is 1.10. The monoisotopic (exact) mass is 300 g/mol. The van der Waals surface area contributed by atoms with Gasteiger partial charge < -0.3 is 5.32 Å². The second-order valence-corrected chi connectivity index (χ2v) is 5.19. The fraction of sp³-hybridized carbons (Fsp3) is 0.154. The maximum atomic E-state index is 6.08. The molecule has 94 valence electrons. The Hall–Kier alpha value is -0.960. The summed E-state index contributed by atoms with van der Waals surface area (Å²) in [5, 5.41) is 4.68. The first-order valence-corrected chi connectivity index (χ1v) is 6.48. The average molecular weight is 302 g/mol. The fourth-order valence-electron chi connectivity index (χ4n) is 1.57. The van der Waals surface area contributed by atoms with Crippen molar-refractivity contribution >= 4 is 40.5 Å². The van der Waals surface area contributed by atoms with Crippen molar-refractivity contribution in [2.75, 3.05) is 5.32 Å². The number of aromatic nitrogens is 1. The van der Waals surface area contributed by atoms with E-state index in [0.29, 0.717) is 21.6 Å². The first-order chi connectivity index (χ1) is 8.56. The molecule has 2 aromatic rings. The Morgan fingerprint density at radius 2 is 1.72 bits per heavy atom. The van der Waals surface area contributed by atoms with E-state index in [1.165, 1.54) is 0 Å². The first-order valence-electron chi connectivity index (χ1n) is 5.35. The maximum Gasteiger partial charge on any atom is 0.0653 e. The highest BCUT2D eigenvalue weighted by Crippen LogP contribution is 2.32. The van der Waals surface area contributed by atoms with Crippen molar-refractivity contribution in [1.82, 2.24) is 4.98 Å². The molecular formula is C13H11Cl3N2. The molecule has 0 aliphatic rings. The van der Waals surface area contributed by atoms with Crippen LogP contribution in [0.5, 0.6) is 0 Å². The molecule has 5 heteroatoms. The van der Waals surface area contributed by atoms with Gasteiger partial charge in [-0.3, -0.25) is 4.98 Å². The number of aryl methyl sites for hydroxylation is 1. The molecule has 0 fully saturated rings. The third kappa shape index (κ3) is 3.29. The lowest BCUT2D eigenvalue weighted by atomic mass is 10.2. The zero-order valence-corrected chi connectivity index (χ0v) is 11.9. The van der Waals surface area contributed by atoms with Crippen molar-refractivity contribution < 1.29 is 0 Å². The van der Waals surface area contributed by atoms with Gasteiger partial charge in [0, 0.05) is 18.9 Å². The molecule has 0 bridgehead atoms. The van der Waals surface area contributed by atoms with E-state index < -0.39 is 0 Å². The van der Waals surface area contributed by atoms with E-state index in [1.807, 2.05) is 19.3 Å². The Kier molecular flexibility index (Phi) is 4.33. The number of pyridine rings is 1. The molecular weight excluding hydrogens is 291 g/mol. The zero-order valence-electron chi connectivity index (χ0n) is 9.67. The molecule has 0 saturated carbocycles. The Labute approximate surface area is 121 Å². The van der Waals surface area contributed by atoms with Gasteiger partial charge >= 0.3 is 0 Å². The smallest absolute Gasteiger partial charge is 0.0653 e. The molecule has 0 saturated heterocycles. The fourth-order valence-corrected chi connectivity index (χ4v) is 2.18. The minimum atomic E-state index is 0.449. The van der Waals surface area contributed by atoms with Gasteiger partial charge in [-0.25, -0.2) is 0 Å². The van der Waals surface area contributed by atoms with Crippen molar-refractivity contribution in [3.63, 3.8) is 0 Å². The number of rotatable bonds is 3. The van der Waals surface area contributed by atoms with Crippen LogP contribution < -0.4 is 5.32 Å². The molecule has 18 heavy (non-hydrogen) atoms. The predicted octanol–water partition coefficient (Wildman–Crippen LogP) is 4.96. The first kappa shape index (κ1) is 13.5. The van der Waals surface area contributed by atoms with Gasteiger partial charge in [-0.15, -0.1) is 0 Å². The number of nitrogens with zero attached hydrogens (tertiary/aromatic N) is 1. The lowest BCUT2D eigenvalue weighted by Gasteiger charge is -2.10. The van der Waals surface area contributed by atoms with Crippen LogP contribution in [0.3, 0.4) is 0 Å². The summed E-state index contributed by atoms with van der Waals surface area (Å²) in [6.07, 6.45) is 3.63.